The molecule has 0 unspecified atom stereocenters. The first-order valence-electron chi connectivity index (χ1n) is 16.5. The maximum atomic E-state index is 3.78. The van der Waals surface area contributed by atoms with Gasteiger partial charge in [0, 0.05) is 26.3 Å². The maximum Gasteiger partial charge on any atom is 0.0547 e. The molecular weight excluding hydrogens is 634 g/mol. The van der Waals surface area contributed by atoms with Crippen LogP contribution in [0.2, 0.25) is 0 Å². The summed E-state index contributed by atoms with van der Waals surface area (Å²) in [6, 6.07) is 49.2. The van der Waals surface area contributed by atoms with Crippen molar-refractivity contribution in [2.45, 2.75) is 32.1 Å². The molecule has 0 fully saturated rings. The van der Waals surface area contributed by atoms with Crippen molar-refractivity contribution in [3.8, 4) is 39.1 Å². The van der Waals surface area contributed by atoms with Crippen LogP contribution in [0.15, 0.2) is 156 Å². The molecular formula is C45H34BrN. The summed E-state index contributed by atoms with van der Waals surface area (Å²) in [4.78, 5) is 0. The molecule has 0 aliphatic heterocycles. The van der Waals surface area contributed by atoms with Gasteiger partial charge in [-0.2, -0.15) is 0 Å². The van der Waals surface area contributed by atoms with Crippen LogP contribution in [0.1, 0.15) is 37.8 Å². The molecule has 1 nitrogen and oxygen atoms in total. The summed E-state index contributed by atoms with van der Waals surface area (Å²) in [5.41, 5.74) is 16.8. The Kier molecular flexibility index (Phi) is 6.52. The lowest BCUT2D eigenvalue weighted by Crippen LogP contribution is -2.18. The Morgan fingerprint density at radius 2 is 1.26 bits per heavy atom. The predicted molar refractivity (Wildman–Crippen MR) is 203 cm³/mol. The SMILES string of the molecule is CC1(C)C2=C(C=CCC2)c2ccc(-n3c4ccccc4c4ccc(-c5cccc(-c6cc(Br)cc(-c7ccccc7)c6)c5)cc43)cc21. The zero-order chi connectivity index (χ0) is 31.7. The van der Waals surface area contributed by atoms with E-state index in [2.05, 4.69) is 180 Å². The first-order valence-corrected chi connectivity index (χ1v) is 17.3. The van der Waals surface area contributed by atoms with E-state index in [1.165, 1.54) is 77.6 Å². The molecule has 2 aliphatic rings. The summed E-state index contributed by atoms with van der Waals surface area (Å²) in [6.45, 7) is 4.81. The van der Waals surface area contributed by atoms with Gasteiger partial charge in [-0.05, 0) is 111 Å². The summed E-state index contributed by atoms with van der Waals surface area (Å²) in [7, 11) is 0. The molecule has 0 atom stereocenters. The van der Waals surface area contributed by atoms with Gasteiger partial charge in [0.05, 0.1) is 11.0 Å². The summed E-state index contributed by atoms with van der Waals surface area (Å²) < 4.78 is 3.55. The van der Waals surface area contributed by atoms with Gasteiger partial charge >= 0.3 is 0 Å². The van der Waals surface area contributed by atoms with Gasteiger partial charge in [0.1, 0.15) is 0 Å². The van der Waals surface area contributed by atoms with Crippen molar-refractivity contribution in [1.82, 2.24) is 4.57 Å². The highest BCUT2D eigenvalue weighted by atomic mass is 79.9. The first-order chi connectivity index (χ1) is 23.0. The van der Waals surface area contributed by atoms with Gasteiger partial charge in [0.15, 0.2) is 0 Å². The average molecular weight is 669 g/mol. The number of benzene rings is 6. The summed E-state index contributed by atoms with van der Waals surface area (Å²) in [5, 5.41) is 2.56. The zero-order valence-corrected chi connectivity index (χ0v) is 28.2. The van der Waals surface area contributed by atoms with E-state index in [0.29, 0.717) is 0 Å². The molecule has 47 heavy (non-hydrogen) atoms. The highest BCUT2D eigenvalue weighted by molar-refractivity contribution is 9.10. The molecule has 0 N–H and O–H groups in total. The van der Waals surface area contributed by atoms with Gasteiger partial charge in [-0.25, -0.2) is 0 Å². The van der Waals surface area contributed by atoms with E-state index in [1.54, 1.807) is 5.57 Å². The van der Waals surface area contributed by atoms with Crippen LogP contribution in [0.3, 0.4) is 0 Å². The second kappa shape index (κ2) is 10.8. The largest absolute Gasteiger partial charge is 0.309 e. The minimum Gasteiger partial charge on any atom is -0.309 e. The molecule has 0 spiro atoms. The van der Waals surface area contributed by atoms with E-state index in [0.717, 1.165) is 17.3 Å². The predicted octanol–water partition coefficient (Wildman–Crippen LogP) is 12.9. The van der Waals surface area contributed by atoms with Gasteiger partial charge in [0.2, 0.25) is 0 Å². The van der Waals surface area contributed by atoms with Crippen LogP contribution in [0.25, 0.3) is 66.4 Å². The number of hydrogen-bond acceptors (Lipinski definition) is 0. The Bertz CT molecular complexity index is 2440. The van der Waals surface area contributed by atoms with E-state index < -0.39 is 0 Å². The number of fused-ring (bicyclic) bond motifs is 5. The van der Waals surface area contributed by atoms with Crippen LogP contribution >= 0.6 is 15.9 Å². The Balaban J connectivity index is 1.18. The molecule has 226 valence electrons. The third-order valence-corrected chi connectivity index (χ3v) is 10.8. The maximum absolute atomic E-state index is 3.78. The quantitative estimate of drug-likeness (QED) is 0.176. The van der Waals surface area contributed by atoms with Crippen molar-refractivity contribution >= 4 is 43.3 Å². The van der Waals surface area contributed by atoms with Crippen LogP contribution in [0.4, 0.5) is 0 Å². The number of hydrogen-bond donors (Lipinski definition) is 0. The molecule has 6 aromatic carbocycles. The number of rotatable bonds is 4. The van der Waals surface area contributed by atoms with Crippen LogP contribution in [-0.2, 0) is 5.41 Å². The van der Waals surface area contributed by atoms with E-state index in [9.17, 15) is 0 Å². The lowest BCUT2D eigenvalue weighted by molar-refractivity contribution is 0.607. The number of halogens is 1. The van der Waals surface area contributed by atoms with E-state index in [4.69, 9.17) is 0 Å². The number of allylic oxidation sites excluding steroid dienone is 4. The molecule has 0 bridgehead atoms. The van der Waals surface area contributed by atoms with Crippen LogP contribution in [0.5, 0.6) is 0 Å². The van der Waals surface area contributed by atoms with E-state index in [1.807, 2.05) is 0 Å². The number of para-hydroxylation sites is 1. The van der Waals surface area contributed by atoms with Gasteiger partial charge in [0.25, 0.3) is 0 Å². The second-order valence-electron chi connectivity index (χ2n) is 13.4. The molecule has 2 heteroatoms. The van der Waals surface area contributed by atoms with Crippen LogP contribution in [-0.4, -0.2) is 4.57 Å². The first kappa shape index (κ1) is 28.3. The highest BCUT2D eigenvalue weighted by Crippen LogP contribution is 2.51. The fourth-order valence-corrected chi connectivity index (χ4v) is 8.50. The summed E-state index contributed by atoms with van der Waals surface area (Å²) >= 11 is 3.78. The van der Waals surface area contributed by atoms with Gasteiger partial charge in [-0.15, -0.1) is 0 Å². The molecule has 0 saturated carbocycles. The fourth-order valence-electron chi connectivity index (χ4n) is 8.01. The fraction of sp³-hybridized carbons (Fsp3) is 0.111. The number of nitrogens with zero attached hydrogens (tertiary/aromatic N) is 1. The lowest BCUT2D eigenvalue weighted by Gasteiger charge is -2.26. The van der Waals surface area contributed by atoms with Crippen molar-refractivity contribution in [1.29, 1.82) is 0 Å². The standard InChI is InChI=1S/C45H34BrN/c1-45(2)41-17-8-6-15-37(41)38-22-20-36(28-42(38)45)47-43-18-9-7-16-39(43)40-21-19-32(27-44(40)47)30-13-10-14-31(23-30)34-24-33(25-35(46)26-34)29-11-4-3-5-12-29/h3-7,9-16,18-28H,8,17H2,1-2H3. The van der Waals surface area contributed by atoms with Crippen molar-refractivity contribution in [3.63, 3.8) is 0 Å². The second-order valence-corrected chi connectivity index (χ2v) is 14.4. The van der Waals surface area contributed by atoms with E-state index in [-0.39, 0.29) is 5.41 Å². The molecule has 0 saturated heterocycles. The Morgan fingerprint density at radius 3 is 2.11 bits per heavy atom. The topological polar surface area (TPSA) is 4.93 Å². The summed E-state index contributed by atoms with van der Waals surface area (Å²) in [5.74, 6) is 0. The van der Waals surface area contributed by atoms with Crippen LogP contribution < -0.4 is 0 Å². The van der Waals surface area contributed by atoms with Gasteiger partial charge in [-0.1, -0.05) is 132 Å². The third-order valence-electron chi connectivity index (χ3n) is 10.4. The highest BCUT2D eigenvalue weighted by Gasteiger charge is 2.37. The van der Waals surface area contributed by atoms with Crippen molar-refractivity contribution in [3.05, 3.63) is 167 Å². The minimum absolute atomic E-state index is 0.0304. The van der Waals surface area contributed by atoms with Gasteiger partial charge < -0.3 is 4.57 Å². The monoisotopic (exact) mass is 667 g/mol. The molecule has 9 rings (SSSR count). The Labute approximate surface area is 284 Å². The molecule has 1 heterocycles. The third kappa shape index (κ3) is 4.58. The zero-order valence-electron chi connectivity index (χ0n) is 26.6. The van der Waals surface area contributed by atoms with Crippen molar-refractivity contribution < 1.29 is 0 Å². The van der Waals surface area contributed by atoms with Crippen LogP contribution in [0, 0.1) is 0 Å². The molecule has 7 aromatic rings. The normalized spacial score (nSPS) is 15.0. The average Bonchev–Trinajstić information content (AvgIpc) is 3.56. The smallest absolute Gasteiger partial charge is 0.0547 e. The van der Waals surface area contributed by atoms with Gasteiger partial charge in [-0.3, -0.25) is 0 Å². The van der Waals surface area contributed by atoms with E-state index >= 15 is 0 Å². The summed E-state index contributed by atoms with van der Waals surface area (Å²) in [6.07, 6.45) is 6.97. The molecule has 1 aromatic heterocycles. The molecule has 2 aliphatic carbocycles. The Morgan fingerprint density at radius 1 is 0.574 bits per heavy atom. The number of aromatic nitrogens is 1. The van der Waals surface area contributed by atoms with Crippen molar-refractivity contribution in [2.24, 2.45) is 0 Å². The Hall–Kier alpha value is -4.92. The molecule has 0 amide bonds. The molecule has 0 radical (unpaired) electrons. The minimum atomic E-state index is 0.0304. The van der Waals surface area contributed by atoms with Crippen molar-refractivity contribution in [2.75, 3.05) is 0 Å². The lowest BCUT2D eigenvalue weighted by atomic mass is 9.78.